The number of aromatic amines is 1. The highest BCUT2D eigenvalue weighted by Crippen LogP contribution is 2.48. The average molecular weight is 434 g/mol. The first-order chi connectivity index (χ1) is 13.7. The molecule has 2 aliphatic carbocycles. The number of likely N-dealkylation sites (tertiary alicyclic amines) is 1. The van der Waals surface area contributed by atoms with Crippen molar-refractivity contribution in [2.24, 2.45) is 5.92 Å². The Morgan fingerprint density at radius 1 is 1.04 bits per heavy atom. The Hall–Kier alpha value is -1.91. The molecule has 142 valence electrons. The summed E-state index contributed by atoms with van der Waals surface area (Å²) in [7, 11) is 2.27. The molecule has 28 heavy (non-hydrogen) atoms. The van der Waals surface area contributed by atoms with Crippen molar-refractivity contribution in [1.29, 1.82) is 0 Å². The van der Waals surface area contributed by atoms with Gasteiger partial charge in [0.2, 0.25) is 0 Å². The van der Waals surface area contributed by atoms with Crippen molar-refractivity contribution in [3.63, 3.8) is 0 Å². The van der Waals surface area contributed by atoms with E-state index in [2.05, 4.69) is 69.3 Å². The highest BCUT2D eigenvalue weighted by Gasteiger charge is 2.45. The monoisotopic (exact) mass is 433 g/mol. The van der Waals surface area contributed by atoms with Crippen LogP contribution in [-0.2, 0) is 12.8 Å². The molecule has 1 aliphatic heterocycles. The number of halogens is 1. The Morgan fingerprint density at radius 2 is 1.82 bits per heavy atom. The number of imidazole rings is 1. The number of aryl methyl sites for hydroxylation is 2. The van der Waals surface area contributed by atoms with Crippen molar-refractivity contribution in [3.8, 4) is 22.4 Å². The molecule has 4 heteroatoms. The van der Waals surface area contributed by atoms with Crippen molar-refractivity contribution in [3.05, 3.63) is 64.0 Å². The van der Waals surface area contributed by atoms with Crippen LogP contribution in [-0.4, -0.2) is 28.0 Å². The lowest BCUT2D eigenvalue weighted by Gasteiger charge is -2.30. The number of rotatable bonds is 2. The zero-order chi connectivity index (χ0) is 18.8. The van der Waals surface area contributed by atoms with Crippen LogP contribution in [0.4, 0.5) is 0 Å². The standard InChI is InChI=1S/C24H24BrN3/c1-28-19-7-4-17(12-19)23(28)24-26-13-22(27-24)16-5-8-20-14(10-16)2-3-15-11-18(25)6-9-21(15)20/h5-6,8-11,13,17,19,23H,2-4,7,12H2,1H3,(H,26,27)/t17-,19?,23-/m0/s1. The van der Waals surface area contributed by atoms with Crippen molar-refractivity contribution >= 4 is 15.9 Å². The predicted molar refractivity (Wildman–Crippen MR) is 116 cm³/mol. The van der Waals surface area contributed by atoms with Gasteiger partial charge in [-0.05, 0) is 91.1 Å². The predicted octanol–water partition coefficient (Wildman–Crippen LogP) is 5.76. The smallest absolute Gasteiger partial charge is 0.124 e. The molecular weight excluding hydrogens is 410 g/mol. The lowest BCUT2D eigenvalue weighted by molar-refractivity contribution is 0.171. The van der Waals surface area contributed by atoms with Gasteiger partial charge in [0.25, 0.3) is 0 Å². The molecule has 1 saturated heterocycles. The first kappa shape index (κ1) is 17.0. The maximum absolute atomic E-state index is 4.80. The van der Waals surface area contributed by atoms with E-state index in [1.165, 1.54) is 51.6 Å². The van der Waals surface area contributed by atoms with Gasteiger partial charge in [-0.15, -0.1) is 0 Å². The highest BCUT2D eigenvalue weighted by atomic mass is 79.9. The summed E-state index contributed by atoms with van der Waals surface area (Å²) in [5.41, 5.74) is 8.05. The number of piperidine rings is 1. The fourth-order valence-electron chi connectivity index (χ4n) is 5.79. The lowest BCUT2D eigenvalue weighted by Crippen LogP contribution is -2.32. The number of nitrogens with zero attached hydrogens (tertiary/aromatic N) is 2. The van der Waals surface area contributed by atoms with Crippen LogP contribution < -0.4 is 0 Å². The number of fused-ring (bicyclic) bond motifs is 5. The summed E-state index contributed by atoms with van der Waals surface area (Å²) in [6, 6.07) is 14.8. The second-order valence-corrected chi connectivity index (χ2v) is 9.61. The maximum Gasteiger partial charge on any atom is 0.124 e. The highest BCUT2D eigenvalue weighted by molar-refractivity contribution is 9.10. The summed E-state index contributed by atoms with van der Waals surface area (Å²) in [6.45, 7) is 0. The molecule has 3 aromatic rings. The van der Waals surface area contributed by atoms with Crippen molar-refractivity contribution in [1.82, 2.24) is 14.9 Å². The molecule has 0 amide bonds. The SMILES string of the molecule is CN1C2CC[C@@H](C2)[C@H]1c1ncc(-c2ccc3c(c2)CCc2cc(Br)ccc2-3)[nH]1. The first-order valence-corrected chi connectivity index (χ1v) is 11.2. The molecule has 2 bridgehead atoms. The van der Waals surface area contributed by atoms with E-state index in [4.69, 9.17) is 4.98 Å². The normalized spacial score (nSPS) is 25.7. The van der Waals surface area contributed by atoms with Crippen LogP contribution in [0.1, 0.15) is 42.3 Å². The summed E-state index contributed by atoms with van der Waals surface area (Å²) in [5, 5.41) is 0. The topological polar surface area (TPSA) is 31.9 Å². The largest absolute Gasteiger partial charge is 0.341 e. The summed E-state index contributed by atoms with van der Waals surface area (Å²) >= 11 is 3.60. The van der Waals surface area contributed by atoms with Gasteiger partial charge in [0.1, 0.15) is 5.82 Å². The lowest BCUT2D eigenvalue weighted by atomic mass is 9.84. The minimum atomic E-state index is 0.468. The van der Waals surface area contributed by atoms with Gasteiger partial charge in [0.15, 0.2) is 0 Å². The van der Waals surface area contributed by atoms with Gasteiger partial charge in [-0.3, -0.25) is 4.90 Å². The molecule has 0 radical (unpaired) electrons. The Balaban J connectivity index is 1.34. The number of hydrogen-bond donors (Lipinski definition) is 1. The molecule has 1 saturated carbocycles. The molecule has 2 aromatic carbocycles. The van der Waals surface area contributed by atoms with Crippen LogP contribution in [0.3, 0.4) is 0 Å². The summed E-state index contributed by atoms with van der Waals surface area (Å²) < 4.78 is 1.17. The second kappa shape index (κ2) is 6.30. The fraction of sp³-hybridized carbons (Fsp3) is 0.375. The molecule has 1 aromatic heterocycles. The van der Waals surface area contributed by atoms with Crippen molar-refractivity contribution in [2.45, 2.75) is 44.2 Å². The number of aromatic nitrogens is 2. The van der Waals surface area contributed by atoms with Crippen LogP contribution in [0.25, 0.3) is 22.4 Å². The Morgan fingerprint density at radius 3 is 2.61 bits per heavy atom. The molecule has 3 nitrogen and oxygen atoms in total. The molecule has 0 spiro atoms. The van der Waals surface area contributed by atoms with Crippen molar-refractivity contribution in [2.75, 3.05) is 7.05 Å². The zero-order valence-corrected chi connectivity index (χ0v) is 17.7. The average Bonchev–Trinajstić information content (AvgIpc) is 3.43. The number of benzene rings is 2. The van der Waals surface area contributed by atoms with E-state index in [9.17, 15) is 0 Å². The molecule has 1 N–H and O–H groups in total. The molecule has 3 aliphatic rings. The van der Waals surface area contributed by atoms with Crippen molar-refractivity contribution < 1.29 is 0 Å². The molecule has 6 rings (SSSR count). The number of hydrogen-bond acceptors (Lipinski definition) is 2. The Kier molecular flexibility index (Phi) is 3.82. The fourth-order valence-corrected chi connectivity index (χ4v) is 6.20. The van der Waals surface area contributed by atoms with Gasteiger partial charge in [0.05, 0.1) is 17.9 Å². The van der Waals surface area contributed by atoms with E-state index >= 15 is 0 Å². The number of nitrogens with one attached hydrogen (secondary N) is 1. The second-order valence-electron chi connectivity index (χ2n) is 8.69. The molecule has 3 atom stereocenters. The van der Waals surface area contributed by atoms with Gasteiger partial charge in [-0.2, -0.15) is 0 Å². The third-order valence-corrected chi connectivity index (χ3v) is 7.71. The maximum atomic E-state index is 4.80. The quantitative estimate of drug-likeness (QED) is 0.556. The molecule has 1 unspecified atom stereocenters. The first-order valence-electron chi connectivity index (χ1n) is 10.4. The van der Waals surface area contributed by atoms with Crippen LogP contribution >= 0.6 is 15.9 Å². The molecular formula is C24H24BrN3. The van der Waals surface area contributed by atoms with Crippen LogP contribution in [0.15, 0.2) is 47.1 Å². The minimum absolute atomic E-state index is 0.468. The molecule has 2 heterocycles. The Labute approximate surface area is 174 Å². The summed E-state index contributed by atoms with van der Waals surface area (Å²) in [5.74, 6) is 1.92. The van der Waals surface area contributed by atoms with E-state index in [0.717, 1.165) is 36.3 Å². The van der Waals surface area contributed by atoms with Gasteiger partial charge in [-0.1, -0.05) is 34.1 Å². The van der Waals surface area contributed by atoms with Crippen LogP contribution in [0.5, 0.6) is 0 Å². The van der Waals surface area contributed by atoms with Gasteiger partial charge in [0, 0.05) is 10.5 Å². The van der Waals surface area contributed by atoms with E-state index in [0.29, 0.717) is 6.04 Å². The van der Waals surface area contributed by atoms with E-state index in [-0.39, 0.29) is 0 Å². The van der Waals surface area contributed by atoms with Crippen LogP contribution in [0.2, 0.25) is 0 Å². The van der Waals surface area contributed by atoms with E-state index < -0.39 is 0 Å². The summed E-state index contributed by atoms with van der Waals surface area (Å²) in [6.07, 6.45) is 8.28. The number of H-pyrrole nitrogens is 1. The summed E-state index contributed by atoms with van der Waals surface area (Å²) in [4.78, 5) is 11.0. The Bertz CT molecular complexity index is 1070. The molecule has 2 fully saturated rings. The van der Waals surface area contributed by atoms with E-state index in [1.54, 1.807) is 0 Å². The zero-order valence-electron chi connectivity index (χ0n) is 16.1. The van der Waals surface area contributed by atoms with Gasteiger partial charge < -0.3 is 4.98 Å². The third-order valence-electron chi connectivity index (χ3n) is 7.22. The van der Waals surface area contributed by atoms with Gasteiger partial charge >= 0.3 is 0 Å². The van der Waals surface area contributed by atoms with Gasteiger partial charge in [-0.25, -0.2) is 4.98 Å². The van der Waals surface area contributed by atoms with E-state index in [1.807, 2.05) is 6.20 Å². The minimum Gasteiger partial charge on any atom is -0.341 e. The van der Waals surface area contributed by atoms with Crippen LogP contribution in [0, 0.1) is 5.92 Å². The third kappa shape index (κ3) is 2.54.